The number of anilines is 1. The Morgan fingerprint density at radius 1 is 1.09 bits per heavy atom. The van der Waals surface area contributed by atoms with E-state index in [1.54, 1.807) is 0 Å². The standard InChI is InChI=1S/C22H18N4O6S2/c23-34(31,32)15-8-6-14(7-9-15)24-18(27)11-26-17(10-13-4-2-1-3-5-13)25-20-19(21(26)28)16(12-33-20)22(29)30/h1-9,12H,10-11H2,(H,24,27)(H,29,30)(H2,23,31,32). The summed E-state index contributed by atoms with van der Waals surface area (Å²) in [5.41, 5.74) is 0.355. The van der Waals surface area contributed by atoms with Crippen molar-refractivity contribution in [2.24, 2.45) is 5.14 Å². The Kier molecular flexibility index (Phi) is 6.28. The Balaban J connectivity index is 1.70. The SMILES string of the molecule is NS(=O)(=O)c1ccc(NC(=O)Cn2c(Cc3ccccc3)nc3scc(C(=O)O)c3c2=O)cc1. The van der Waals surface area contributed by atoms with Gasteiger partial charge in [-0.2, -0.15) is 0 Å². The van der Waals surface area contributed by atoms with Crippen LogP contribution in [0.2, 0.25) is 0 Å². The predicted molar refractivity (Wildman–Crippen MR) is 127 cm³/mol. The van der Waals surface area contributed by atoms with E-state index in [1.165, 1.54) is 29.6 Å². The van der Waals surface area contributed by atoms with Gasteiger partial charge < -0.3 is 10.4 Å². The summed E-state index contributed by atoms with van der Waals surface area (Å²) in [6.45, 7) is -0.421. The van der Waals surface area contributed by atoms with Crippen LogP contribution in [-0.4, -0.2) is 35.0 Å². The highest BCUT2D eigenvalue weighted by atomic mass is 32.2. The first-order valence-corrected chi connectivity index (χ1v) is 12.3. The van der Waals surface area contributed by atoms with Crippen molar-refractivity contribution < 1.29 is 23.1 Å². The zero-order chi connectivity index (χ0) is 24.5. The number of carbonyl (C=O) groups is 2. The number of thiophene rings is 1. The molecule has 12 heteroatoms. The number of nitrogens with one attached hydrogen (secondary N) is 1. The average molecular weight is 499 g/mol. The number of hydrogen-bond donors (Lipinski definition) is 3. The molecule has 4 N–H and O–H groups in total. The van der Waals surface area contributed by atoms with Gasteiger partial charge in [0.05, 0.1) is 15.8 Å². The summed E-state index contributed by atoms with van der Waals surface area (Å²) in [5.74, 6) is -1.53. The fraction of sp³-hybridized carbons (Fsp3) is 0.0909. The fourth-order valence-corrected chi connectivity index (χ4v) is 4.81. The van der Waals surface area contributed by atoms with Crippen molar-refractivity contribution in [2.45, 2.75) is 17.9 Å². The first kappa shape index (κ1) is 23.3. The lowest BCUT2D eigenvalue weighted by Crippen LogP contribution is -2.31. The van der Waals surface area contributed by atoms with Crippen molar-refractivity contribution in [1.29, 1.82) is 0 Å². The quantitative estimate of drug-likeness (QED) is 0.351. The highest BCUT2D eigenvalue weighted by Crippen LogP contribution is 2.23. The number of carbonyl (C=O) groups excluding carboxylic acids is 1. The third-order valence-electron chi connectivity index (χ3n) is 4.98. The van der Waals surface area contributed by atoms with E-state index >= 15 is 0 Å². The van der Waals surface area contributed by atoms with E-state index in [0.29, 0.717) is 11.5 Å². The van der Waals surface area contributed by atoms with Gasteiger partial charge in [0.1, 0.15) is 17.2 Å². The van der Waals surface area contributed by atoms with Gasteiger partial charge in [-0.05, 0) is 29.8 Å². The molecule has 0 saturated heterocycles. The molecule has 0 unspecified atom stereocenters. The van der Waals surface area contributed by atoms with Gasteiger partial charge in [0.25, 0.3) is 5.56 Å². The third kappa shape index (κ3) is 4.88. The minimum Gasteiger partial charge on any atom is -0.478 e. The van der Waals surface area contributed by atoms with Crippen molar-refractivity contribution in [3.63, 3.8) is 0 Å². The molecule has 10 nitrogen and oxygen atoms in total. The maximum absolute atomic E-state index is 13.3. The van der Waals surface area contributed by atoms with Crippen LogP contribution in [0.15, 0.2) is 69.7 Å². The van der Waals surface area contributed by atoms with Gasteiger partial charge >= 0.3 is 5.97 Å². The van der Waals surface area contributed by atoms with Crippen LogP contribution in [0.4, 0.5) is 5.69 Å². The highest BCUT2D eigenvalue weighted by molar-refractivity contribution is 7.89. The molecule has 4 rings (SSSR count). The number of nitrogens with zero attached hydrogens (tertiary/aromatic N) is 2. The Labute approximate surface area is 197 Å². The zero-order valence-corrected chi connectivity index (χ0v) is 19.1. The lowest BCUT2D eigenvalue weighted by molar-refractivity contribution is -0.116. The van der Waals surface area contributed by atoms with Gasteiger partial charge in [0, 0.05) is 17.5 Å². The normalized spacial score (nSPS) is 11.4. The monoisotopic (exact) mass is 498 g/mol. The predicted octanol–water partition coefficient (Wildman–Crippen LogP) is 2.03. The summed E-state index contributed by atoms with van der Waals surface area (Å²) in [4.78, 5) is 42.3. The zero-order valence-electron chi connectivity index (χ0n) is 17.5. The second-order valence-corrected chi connectivity index (χ2v) is 9.75. The molecule has 2 heterocycles. The molecule has 1 amide bonds. The fourth-order valence-electron chi connectivity index (χ4n) is 3.37. The Morgan fingerprint density at radius 2 is 1.76 bits per heavy atom. The van der Waals surface area contributed by atoms with Gasteiger partial charge in [-0.15, -0.1) is 11.3 Å². The van der Waals surface area contributed by atoms with Crippen LogP contribution >= 0.6 is 11.3 Å². The second-order valence-electron chi connectivity index (χ2n) is 7.33. The third-order valence-corrected chi connectivity index (χ3v) is 6.78. The van der Waals surface area contributed by atoms with Crippen LogP contribution in [0, 0.1) is 0 Å². The number of amides is 1. The number of sulfonamides is 1. The van der Waals surface area contributed by atoms with E-state index in [4.69, 9.17) is 5.14 Å². The maximum atomic E-state index is 13.3. The number of hydrogen-bond acceptors (Lipinski definition) is 7. The van der Waals surface area contributed by atoms with Crippen molar-refractivity contribution in [1.82, 2.24) is 9.55 Å². The van der Waals surface area contributed by atoms with Gasteiger partial charge in [-0.25, -0.2) is 23.3 Å². The van der Waals surface area contributed by atoms with Gasteiger partial charge in [-0.1, -0.05) is 30.3 Å². The molecule has 0 aliphatic rings. The van der Waals surface area contributed by atoms with Crippen LogP contribution in [0.5, 0.6) is 0 Å². The Hall–Kier alpha value is -3.87. The molecule has 0 aliphatic carbocycles. The molecular formula is C22H18N4O6S2. The van der Waals surface area contributed by atoms with Gasteiger partial charge in [0.15, 0.2) is 0 Å². The van der Waals surface area contributed by atoms with E-state index in [0.717, 1.165) is 21.5 Å². The summed E-state index contributed by atoms with van der Waals surface area (Å²) in [6, 6.07) is 14.5. The lowest BCUT2D eigenvalue weighted by Gasteiger charge is -2.13. The lowest BCUT2D eigenvalue weighted by atomic mass is 10.1. The van der Waals surface area contributed by atoms with E-state index in [1.807, 2.05) is 30.3 Å². The minimum atomic E-state index is -3.88. The number of aromatic carboxylic acids is 1. The second kappa shape index (κ2) is 9.17. The van der Waals surface area contributed by atoms with Gasteiger partial charge in [-0.3, -0.25) is 14.2 Å². The molecule has 0 bridgehead atoms. The number of aromatic nitrogens is 2. The summed E-state index contributed by atoms with van der Waals surface area (Å²) in [6.07, 6.45) is 0.253. The molecule has 174 valence electrons. The first-order valence-electron chi connectivity index (χ1n) is 9.84. The number of carboxylic acids is 1. The van der Waals surface area contributed by atoms with Gasteiger partial charge in [0.2, 0.25) is 15.9 Å². The van der Waals surface area contributed by atoms with E-state index in [9.17, 15) is 27.9 Å². The summed E-state index contributed by atoms with van der Waals surface area (Å²) >= 11 is 1.05. The van der Waals surface area contributed by atoms with E-state index in [-0.39, 0.29) is 27.1 Å². The maximum Gasteiger partial charge on any atom is 0.337 e. The average Bonchev–Trinajstić information content (AvgIpc) is 3.21. The Bertz CT molecular complexity index is 1560. The molecule has 0 spiro atoms. The summed E-state index contributed by atoms with van der Waals surface area (Å²) in [5, 5.41) is 18.4. The molecule has 4 aromatic rings. The number of rotatable bonds is 7. The topological polar surface area (TPSA) is 161 Å². The van der Waals surface area contributed by atoms with E-state index < -0.39 is 34.0 Å². The smallest absolute Gasteiger partial charge is 0.337 e. The number of nitrogens with two attached hydrogens (primary N) is 1. The summed E-state index contributed by atoms with van der Waals surface area (Å²) in [7, 11) is -3.88. The van der Waals surface area contributed by atoms with Crippen molar-refractivity contribution in [2.75, 3.05) is 5.32 Å². The number of benzene rings is 2. The van der Waals surface area contributed by atoms with Crippen LogP contribution in [0.25, 0.3) is 10.2 Å². The molecule has 0 fully saturated rings. The molecule has 2 aromatic carbocycles. The Morgan fingerprint density at radius 3 is 2.38 bits per heavy atom. The molecule has 34 heavy (non-hydrogen) atoms. The number of fused-ring (bicyclic) bond motifs is 1. The summed E-state index contributed by atoms with van der Waals surface area (Å²) < 4.78 is 23.9. The van der Waals surface area contributed by atoms with Crippen molar-refractivity contribution >= 4 is 49.1 Å². The molecule has 0 aliphatic heterocycles. The van der Waals surface area contributed by atoms with Crippen molar-refractivity contribution in [3.8, 4) is 0 Å². The molecule has 0 radical (unpaired) electrons. The molecule has 0 saturated carbocycles. The van der Waals surface area contributed by atoms with E-state index in [2.05, 4.69) is 10.3 Å². The number of carboxylic acid groups (broad SMARTS) is 1. The highest BCUT2D eigenvalue weighted by Gasteiger charge is 2.21. The van der Waals surface area contributed by atoms with Crippen LogP contribution in [0.3, 0.4) is 0 Å². The largest absolute Gasteiger partial charge is 0.478 e. The molecule has 2 aromatic heterocycles. The molecular weight excluding hydrogens is 480 g/mol. The van der Waals surface area contributed by atoms with Crippen molar-refractivity contribution in [3.05, 3.63) is 87.3 Å². The molecule has 0 atom stereocenters. The van der Waals surface area contributed by atoms with Crippen LogP contribution in [0.1, 0.15) is 21.7 Å². The van der Waals surface area contributed by atoms with Crippen LogP contribution in [-0.2, 0) is 27.8 Å². The first-order chi connectivity index (χ1) is 16.1. The minimum absolute atomic E-state index is 0.0559. The van der Waals surface area contributed by atoms with Crippen LogP contribution < -0.4 is 16.0 Å². The number of primary sulfonamides is 1.